The van der Waals surface area contributed by atoms with Gasteiger partial charge in [0.15, 0.2) is 0 Å². The van der Waals surface area contributed by atoms with Gasteiger partial charge in [-0.25, -0.2) is 0 Å². The highest BCUT2D eigenvalue weighted by molar-refractivity contribution is 5.92. The van der Waals surface area contributed by atoms with E-state index in [1.165, 1.54) is 10.8 Å². The number of nitro groups is 1. The van der Waals surface area contributed by atoms with Crippen LogP contribution in [0.25, 0.3) is 22.9 Å². The van der Waals surface area contributed by atoms with E-state index in [1.807, 2.05) is 36.4 Å². The molecule has 0 heterocycles. The average Bonchev–Trinajstić information content (AvgIpc) is 2.52. The molecule has 0 saturated heterocycles. The molecule has 0 saturated carbocycles. The molecule has 114 valence electrons. The van der Waals surface area contributed by atoms with E-state index in [0.717, 1.165) is 11.1 Å². The predicted molar refractivity (Wildman–Crippen MR) is 95.4 cm³/mol. The van der Waals surface area contributed by atoms with Gasteiger partial charge in [0.1, 0.15) is 0 Å². The maximum Gasteiger partial charge on any atom is 0.275 e. The van der Waals surface area contributed by atoms with Crippen LogP contribution in [0.5, 0.6) is 0 Å². The first-order valence-electron chi connectivity index (χ1n) is 7.48. The van der Waals surface area contributed by atoms with Gasteiger partial charge in [-0.15, -0.1) is 0 Å². The van der Waals surface area contributed by atoms with Crippen LogP contribution in [0.1, 0.15) is 22.3 Å². The van der Waals surface area contributed by atoms with Crippen LogP contribution < -0.4 is 0 Å². The van der Waals surface area contributed by atoms with Gasteiger partial charge >= 0.3 is 0 Å². The van der Waals surface area contributed by atoms with Crippen LogP contribution in [0, 0.1) is 24.0 Å². The molecule has 23 heavy (non-hydrogen) atoms. The number of nitrogens with zero attached hydrogens (tertiary/aromatic N) is 1. The Bertz CT molecular complexity index is 898. The van der Waals surface area contributed by atoms with Crippen molar-refractivity contribution in [1.82, 2.24) is 0 Å². The number of fused-ring (bicyclic) bond motifs is 1. The van der Waals surface area contributed by atoms with Crippen LogP contribution in [0.2, 0.25) is 0 Å². The third-order valence-corrected chi connectivity index (χ3v) is 3.97. The molecule has 0 spiro atoms. The van der Waals surface area contributed by atoms with E-state index in [1.54, 1.807) is 13.8 Å². The molecular weight excluding hydrogens is 286 g/mol. The van der Waals surface area contributed by atoms with Gasteiger partial charge in [-0.2, -0.15) is 0 Å². The third kappa shape index (κ3) is 2.99. The van der Waals surface area contributed by atoms with E-state index < -0.39 is 0 Å². The fourth-order valence-electron chi connectivity index (χ4n) is 2.96. The van der Waals surface area contributed by atoms with Gasteiger partial charge in [0.25, 0.3) is 5.69 Å². The highest BCUT2D eigenvalue weighted by Crippen LogP contribution is 2.26. The summed E-state index contributed by atoms with van der Waals surface area (Å²) in [6.07, 6.45) is 4.06. The number of rotatable bonds is 3. The molecular formula is C20H17NO2. The van der Waals surface area contributed by atoms with Crippen LogP contribution in [0.15, 0.2) is 54.6 Å². The fraction of sp³-hybridized carbons (Fsp3) is 0.100. The van der Waals surface area contributed by atoms with E-state index in [9.17, 15) is 10.1 Å². The van der Waals surface area contributed by atoms with E-state index in [4.69, 9.17) is 0 Å². The molecule has 0 aliphatic heterocycles. The zero-order valence-corrected chi connectivity index (χ0v) is 13.1. The molecule has 0 atom stereocenters. The zero-order valence-electron chi connectivity index (χ0n) is 13.1. The Balaban J connectivity index is 2.01. The Hall–Kier alpha value is -2.94. The summed E-state index contributed by atoms with van der Waals surface area (Å²) in [5.41, 5.74) is 3.68. The molecule has 3 rings (SSSR count). The van der Waals surface area contributed by atoms with Crippen molar-refractivity contribution in [3.63, 3.8) is 0 Å². The normalized spacial score (nSPS) is 11.2. The lowest BCUT2D eigenvalue weighted by molar-refractivity contribution is -0.386. The Morgan fingerprint density at radius 2 is 1.57 bits per heavy atom. The van der Waals surface area contributed by atoms with Crippen LogP contribution in [-0.2, 0) is 0 Å². The van der Waals surface area contributed by atoms with E-state index in [2.05, 4.69) is 30.3 Å². The fourth-order valence-corrected chi connectivity index (χ4v) is 2.96. The minimum absolute atomic E-state index is 0.201. The van der Waals surface area contributed by atoms with Gasteiger partial charge in [-0.05, 0) is 47.9 Å². The third-order valence-electron chi connectivity index (χ3n) is 3.97. The van der Waals surface area contributed by atoms with Crippen LogP contribution in [-0.4, -0.2) is 4.92 Å². The molecule has 0 aliphatic carbocycles. The standard InChI is InChI=1S/C20H17NO2/c1-14-12-16(13-15(2)20(14)21(22)23)10-11-18-8-5-7-17-6-3-4-9-19(17)18/h3-13H,1-2H3/b11-10+. The van der Waals surface area contributed by atoms with Crippen LogP contribution >= 0.6 is 0 Å². The minimum atomic E-state index is -0.317. The van der Waals surface area contributed by atoms with Crippen LogP contribution in [0.3, 0.4) is 0 Å². The maximum absolute atomic E-state index is 11.1. The summed E-state index contributed by atoms with van der Waals surface area (Å²) >= 11 is 0. The van der Waals surface area contributed by atoms with Crippen LogP contribution in [0.4, 0.5) is 5.69 Å². The summed E-state index contributed by atoms with van der Waals surface area (Å²) in [6, 6.07) is 18.2. The Morgan fingerprint density at radius 1 is 0.913 bits per heavy atom. The molecule has 0 unspecified atom stereocenters. The molecule has 3 aromatic carbocycles. The summed E-state index contributed by atoms with van der Waals surface area (Å²) in [6.45, 7) is 3.56. The van der Waals surface area contributed by atoms with Crippen molar-refractivity contribution in [3.05, 3.63) is 87.0 Å². The van der Waals surface area contributed by atoms with Crippen molar-refractivity contribution in [2.75, 3.05) is 0 Å². The number of benzene rings is 3. The Labute approximate surface area is 135 Å². The zero-order chi connectivity index (χ0) is 16.4. The van der Waals surface area contributed by atoms with Crippen molar-refractivity contribution < 1.29 is 4.92 Å². The van der Waals surface area contributed by atoms with Gasteiger partial charge < -0.3 is 0 Å². The first kappa shape index (κ1) is 15.0. The predicted octanol–water partition coefficient (Wildman–Crippen LogP) is 5.54. The lowest BCUT2D eigenvalue weighted by atomic mass is 10.0. The van der Waals surface area contributed by atoms with Crippen molar-refractivity contribution in [2.24, 2.45) is 0 Å². The summed E-state index contributed by atoms with van der Waals surface area (Å²) in [5.74, 6) is 0. The largest absolute Gasteiger partial charge is 0.275 e. The number of hydrogen-bond donors (Lipinski definition) is 0. The van der Waals surface area contributed by atoms with Gasteiger partial charge in [-0.1, -0.05) is 54.6 Å². The minimum Gasteiger partial charge on any atom is -0.258 e. The number of nitro benzene ring substituents is 1. The average molecular weight is 303 g/mol. The molecule has 0 aromatic heterocycles. The van der Waals surface area contributed by atoms with Crippen molar-refractivity contribution in [2.45, 2.75) is 13.8 Å². The van der Waals surface area contributed by atoms with E-state index >= 15 is 0 Å². The molecule has 0 bridgehead atoms. The summed E-state index contributed by atoms with van der Waals surface area (Å²) < 4.78 is 0. The van der Waals surface area contributed by atoms with Crippen molar-refractivity contribution in [3.8, 4) is 0 Å². The topological polar surface area (TPSA) is 43.1 Å². The molecule has 3 heteroatoms. The molecule has 0 radical (unpaired) electrons. The maximum atomic E-state index is 11.1. The summed E-state index contributed by atoms with van der Waals surface area (Å²) in [5, 5.41) is 13.5. The second-order valence-corrected chi connectivity index (χ2v) is 5.66. The Kier molecular flexibility index (Phi) is 3.94. The highest BCUT2D eigenvalue weighted by Gasteiger charge is 2.14. The highest BCUT2D eigenvalue weighted by atomic mass is 16.6. The number of hydrogen-bond acceptors (Lipinski definition) is 2. The number of aryl methyl sites for hydroxylation is 2. The Morgan fingerprint density at radius 3 is 2.26 bits per heavy atom. The molecule has 0 fully saturated rings. The molecule has 3 aromatic rings. The summed E-state index contributed by atoms with van der Waals surface area (Å²) in [4.78, 5) is 10.8. The molecule has 0 aliphatic rings. The van der Waals surface area contributed by atoms with Crippen molar-refractivity contribution in [1.29, 1.82) is 0 Å². The van der Waals surface area contributed by atoms with Gasteiger partial charge in [0.05, 0.1) is 4.92 Å². The quantitative estimate of drug-likeness (QED) is 0.362. The first-order valence-corrected chi connectivity index (χ1v) is 7.48. The van der Waals surface area contributed by atoms with Gasteiger partial charge in [0, 0.05) is 11.1 Å². The molecule has 0 amide bonds. The lowest BCUT2D eigenvalue weighted by Crippen LogP contribution is -1.95. The van der Waals surface area contributed by atoms with E-state index in [0.29, 0.717) is 11.1 Å². The van der Waals surface area contributed by atoms with Crippen molar-refractivity contribution >= 4 is 28.6 Å². The second kappa shape index (κ2) is 6.05. The summed E-state index contributed by atoms with van der Waals surface area (Å²) in [7, 11) is 0. The van der Waals surface area contributed by atoms with E-state index in [-0.39, 0.29) is 10.6 Å². The lowest BCUT2D eigenvalue weighted by Gasteiger charge is -2.04. The smallest absolute Gasteiger partial charge is 0.258 e. The second-order valence-electron chi connectivity index (χ2n) is 5.66. The van der Waals surface area contributed by atoms with Gasteiger partial charge in [0.2, 0.25) is 0 Å². The van der Waals surface area contributed by atoms with Gasteiger partial charge in [-0.3, -0.25) is 10.1 Å². The SMILES string of the molecule is Cc1cc(/C=C/c2cccc3ccccc23)cc(C)c1[N+](=O)[O-]. The molecule has 0 N–H and O–H groups in total. The first-order chi connectivity index (χ1) is 11.1. The molecule has 3 nitrogen and oxygen atoms in total. The monoisotopic (exact) mass is 303 g/mol.